The van der Waals surface area contributed by atoms with Gasteiger partial charge in [0.2, 0.25) is 0 Å². The summed E-state index contributed by atoms with van der Waals surface area (Å²) in [5.41, 5.74) is 0.461. The van der Waals surface area contributed by atoms with E-state index in [4.69, 9.17) is 16.3 Å². The molecule has 1 fully saturated rings. The van der Waals surface area contributed by atoms with Gasteiger partial charge in [-0.1, -0.05) is 24.9 Å². The lowest BCUT2D eigenvalue weighted by Crippen LogP contribution is -2.35. The van der Waals surface area contributed by atoms with E-state index in [0.717, 1.165) is 31.4 Å². The normalized spacial score (nSPS) is 20.9. The molecule has 2 heterocycles. The molecule has 10 heteroatoms. The second kappa shape index (κ2) is 7.92. The number of hydrogen-bond donors (Lipinski definition) is 0. The number of sulfonamides is 1. The van der Waals surface area contributed by atoms with Crippen LogP contribution in [0.5, 0.6) is 5.75 Å². The number of carbonyl (C=O) groups is 2. The second-order valence-electron chi connectivity index (χ2n) is 8.50. The highest BCUT2D eigenvalue weighted by Crippen LogP contribution is 2.41. The van der Waals surface area contributed by atoms with Gasteiger partial charge in [-0.25, -0.2) is 9.18 Å². The van der Waals surface area contributed by atoms with Crippen molar-refractivity contribution in [2.45, 2.75) is 49.8 Å². The molecule has 2 aromatic carbocycles. The van der Waals surface area contributed by atoms with E-state index in [-0.39, 0.29) is 50.5 Å². The predicted octanol–water partition coefficient (Wildman–Crippen LogP) is 4.87. The van der Waals surface area contributed by atoms with Gasteiger partial charge in [0.05, 0.1) is 21.8 Å². The van der Waals surface area contributed by atoms with Gasteiger partial charge in [-0.15, -0.1) is 4.40 Å². The van der Waals surface area contributed by atoms with Crippen molar-refractivity contribution >= 4 is 44.9 Å². The van der Waals surface area contributed by atoms with Crippen LogP contribution in [-0.2, 0) is 10.0 Å². The number of rotatable bonds is 2. The summed E-state index contributed by atoms with van der Waals surface area (Å²) in [6.07, 6.45) is 3.35. The first kappa shape index (κ1) is 22.0. The van der Waals surface area contributed by atoms with Crippen molar-refractivity contribution in [1.29, 1.82) is 0 Å². The molecule has 0 aromatic heterocycles. The van der Waals surface area contributed by atoms with Crippen LogP contribution in [0.25, 0.3) is 0 Å². The summed E-state index contributed by atoms with van der Waals surface area (Å²) in [6, 6.07) is 4.96. The Morgan fingerprint density at radius 3 is 2.82 bits per heavy atom. The van der Waals surface area contributed by atoms with Gasteiger partial charge in [-0.2, -0.15) is 8.42 Å². The molecule has 1 unspecified atom stereocenters. The third-order valence-electron chi connectivity index (χ3n) is 6.28. The van der Waals surface area contributed by atoms with Gasteiger partial charge >= 0.3 is 5.97 Å². The summed E-state index contributed by atoms with van der Waals surface area (Å²) in [5, 5.41) is 0.0119. The maximum atomic E-state index is 14.3. The van der Waals surface area contributed by atoms with Crippen LogP contribution in [0.4, 0.5) is 10.1 Å². The Morgan fingerprint density at radius 1 is 1.24 bits per heavy atom. The molecule has 7 nitrogen and oxygen atoms in total. The number of ether oxygens (including phenoxy) is 1. The molecule has 1 atom stereocenters. The van der Waals surface area contributed by atoms with Gasteiger partial charge in [-0.05, 0) is 43.0 Å². The fraction of sp³-hybridized carbons (Fsp3) is 0.348. The van der Waals surface area contributed by atoms with Crippen LogP contribution in [-0.4, -0.2) is 32.6 Å². The standard InChI is InChI=1S/C23H20ClFN2O5S/c1-12-9-17(28)22-18(7-6-15(25)21(12)22)32-23(29)13-10-19-16(11-14(13)24)27-8-4-2-3-5-20(27)26-33(19,30)31/h6-7,10-12H,2-5,8-9H2,1H3. The van der Waals surface area contributed by atoms with Crippen molar-refractivity contribution < 1.29 is 27.1 Å². The topological polar surface area (TPSA) is 93.1 Å². The highest BCUT2D eigenvalue weighted by atomic mass is 35.5. The number of esters is 1. The number of carbonyl (C=O) groups excluding carboxylic acids is 2. The number of halogens is 2. The molecule has 172 valence electrons. The predicted molar refractivity (Wildman–Crippen MR) is 121 cm³/mol. The first-order valence-electron chi connectivity index (χ1n) is 10.7. The van der Waals surface area contributed by atoms with Crippen molar-refractivity contribution in [3.63, 3.8) is 0 Å². The monoisotopic (exact) mass is 490 g/mol. The van der Waals surface area contributed by atoms with Crippen LogP contribution in [0.1, 0.15) is 71.2 Å². The SMILES string of the molecule is CC1CC(=O)c2c(OC(=O)c3cc4c(cc3Cl)N3CCCCCC3=NS4(=O)=O)ccc(F)c21. The molecular formula is C23H20ClFN2O5S. The van der Waals surface area contributed by atoms with E-state index in [1.54, 1.807) is 6.92 Å². The maximum Gasteiger partial charge on any atom is 0.345 e. The Bertz CT molecular complexity index is 1360. The van der Waals surface area contributed by atoms with E-state index in [1.807, 2.05) is 4.90 Å². The lowest BCUT2D eigenvalue weighted by atomic mass is 10.0. The third kappa shape index (κ3) is 3.63. The summed E-state index contributed by atoms with van der Waals surface area (Å²) in [6.45, 7) is 2.32. The molecule has 0 N–H and O–H groups in total. The molecule has 1 aliphatic carbocycles. The molecular weight excluding hydrogens is 471 g/mol. The average molecular weight is 491 g/mol. The van der Waals surface area contributed by atoms with Gasteiger partial charge in [0.25, 0.3) is 10.0 Å². The summed E-state index contributed by atoms with van der Waals surface area (Å²) in [5.74, 6) is -1.72. The Balaban J connectivity index is 1.55. The van der Waals surface area contributed by atoms with Crippen LogP contribution in [0.3, 0.4) is 0 Å². The molecule has 1 saturated heterocycles. The number of anilines is 1. The Morgan fingerprint density at radius 2 is 2.03 bits per heavy atom. The molecule has 0 bridgehead atoms. The molecule has 0 radical (unpaired) electrons. The lowest BCUT2D eigenvalue weighted by Gasteiger charge is -2.30. The molecule has 5 rings (SSSR count). The molecule has 33 heavy (non-hydrogen) atoms. The molecule has 0 amide bonds. The van der Waals surface area contributed by atoms with Crippen LogP contribution in [0.15, 0.2) is 33.6 Å². The summed E-state index contributed by atoms with van der Waals surface area (Å²) >= 11 is 6.39. The fourth-order valence-corrected chi connectivity index (χ4v) is 6.22. The number of fused-ring (bicyclic) bond motifs is 4. The Kier molecular flexibility index (Phi) is 5.29. The largest absolute Gasteiger partial charge is 0.422 e. The van der Waals surface area contributed by atoms with Crippen LogP contribution < -0.4 is 9.64 Å². The number of Topliss-reactive ketones (excluding diaryl/α,β-unsaturated/α-hetero) is 1. The highest BCUT2D eigenvalue weighted by molar-refractivity contribution is 7.90. The minimum atomic E-state index is -4.03. The summed E-state index contributed by atoms with van der Waals surface area (Å²) in [7, 11) is -4.03. The van der Waals surface area contributed by atoms with Crippen molar-refractivity contribution in [2.24, 2.45) is 4.40 Å². The molecule has 2 aromatic rings. The van der Waals surface area contributed by atoms with Crippen LogP contribution >= 0.6 is 11.6 Å². The molecule has 0 spiro atoms. The molecule has 0 saturated carbocycles. The number of hydrogen-bond acceptors (Lipinski definition) is 6. The fourth-order valence-electron chi connectivity index (χ4n) is 4.72. The first-order valence-corrected chi connectivity index (χ1v) is 12.5. The smallest absolute Gasteiger partial charge is 0.345 e. The van der Waals surface area contributed by atoms with Crippen molar-refractivity contribution in [3.8, 4) is 5.75 Å². The summed E-state index contributed by atoms with van der Waals surface area (Å²) < 4.78 is 49.4. The van der Waals surface area contributed by atoms with E-state index >= 15 is 0 Å². The number of amidine groups is 1. The number of benzene rings is 2. The second-order valence-corrected chi connectivity index (χ2v) is 10.5. The van der Waals surface area contributed by atoms with Gasteiger partial charge in [0.15, 0.2) is 5.78 Å². The number of ketones is 1. The van der Waals surface area contributed by atoms with Crippen molar-refractivity contribution in [2.75, 3.05) is 11.4 Å². The molecule has 3 aliphatic rings. The highest BCUT2D eigenvalue weighted by Gasteiger charge is 2.35. The van der Waals surface area contributed by atoms with E-state index in [2.05, 4.69) is 4.40 Å². The zero-order valence-electron chi connectivity index (χ0n) is 17.7. The maximum absolute atomic E-state index is 14.3. The minimum Gasteiger partial charge on any atom is -0.422 e. The third-order valence-corrected chi connectivity index (χ3v) is 7.92. The average Bonchev–Trinajstić information content (AvgIpc) is 2.91. The van der Waals surface area contributed by atoms with Gasteiger partial charge < -0.3 is 9.64 Å². The van der Waals surface area contributed by atoms with Crippen molar-refractivity contribution in [3.05, 3.63) is 51.8 Å². The summed E-state index contributed by atoms with van der Waals surface area (Å²) in [4.78, 5) is 27.1. The Hall–Kier alpha value is -2.78. The lowest BCUT2D eigenvalue weighted by molar-refractivity contribution is 0.0732. The minimum absolute atomic E-state index is 0.0119. The van der Waals surface area contributed by atoms with Crippen LogP contribution in [0.2, 0.25) is 5.02 Å². The zero-order chi connectivity index (χ0) is 23.5. The van der Waals surface area contributed by atoms with Gasteiger partial charge in [-0.3, -0.25) is 4.79 Å². The van der Waals surface area contributed by atoms with E-state index in [0.29, 0.717) is 24.5 Å². The van der Waals surface area contributed by atoms with E-state index in [9.17, 15) is 22.4 Å². The Labute approximate surface area is 195 Å². The number of nitrogens with zero attached hydrogens (tertiary/aromatic N) is 2. The van der Waals surface area contributed by atoms with Gasteiger partial charge in [0.1, 0.15) is 22.3 Å². The van der Waals surface area contributed by atoms with E-state index in [1.165, 1.54) is 12.1 Å². The van der Waals surface area contributed by atoms with Gasteiger partial charge in [0, 0.05) is 24.9 Å². The quantitative estimate of drug-likeness (QED) is 0.440. The first-order chi connectivity index (χ1) is 15.7. The molecule has 2 aliphatic heterocycles. The zero-order valence-corrected chi connectivity index (χ0v) is 19.3. The van der Waals surface area contributed by atoms with Crippen LogP contribution in [0, 0.1) is 5.82 Å². The van der Waals surface area contributed by atoms with E-state index < -0.39 is 21.8 Å². The van der Waals surface area contributed by atoms with Crippen molar-refractivity contribution in [1.82, 2.24) is 0 Å².